The van der Waals surface area contributed by atoms with Crippen LogP contribution in [0.2, 0.25) is 0 Å². The minimum Gasteiger partial charge on any atom is -0.497 e. The number of amides is 4. The van der Waals surface area contributed by atoms with Crippen LogP contribution >= 0.6 is 0 Å². The molecule has 3 heterocycles. The Bertz CT molecular complexity index is 1830. The smallest absolute Gasteiger partial charge is 0.332 e. The molecule has 2 atom stereocenters. The second-order valence-electron chi connectivity index (χ2n) is 10.5. The number of imide groups is 1. The molecule has 7 rings (SSSR count). The number of aromatic nitrogens is 1. The highest BCUT2D eigenvalue weighted by Crippen LogP contribution is 2.45. The summed E-state index contributed by atoms with van der Waals surface area (Å²) in [7, 11) is 1.60. The maximum absolute atomic E-state index is 14.2. The molecule has 1 aromatic heterocycles. The SMILES string of the molecule is COc1ccc(CNC(=O)c2ccccc2N2C(=O)[C@@H]3Cc4c([nH]c5ccccc45)[C@@H](c4ccccc4)N3C2=O)cc1. The zero-order valence-corrected chi connectivity index (χ0v) is 22.9. The van der Waals surface area contributed by atoms with Crippen molar-refractivity contribution in [2.45, 2.75) is 25.0 Å². The standard InChI is InChI=1S/C34H28N4O4/c1-42-23-17-15-21(16-18-23)20-35-32(39)25-12-6-8-14-28(25)38-33(40)29-19-26-24-11-5-7-13-27(24)36-30(26)31(37(29)34(38)41)22-9-3-2-4-10-22/h2-18,29,31,36H,19-20H2,1H3,(H,35,39)/t29-,31+/m0/s1. The molecule has 2 aliphatic heterocycles. The fraction of sp³-hybridized carbons (Fsp3) is 0.147. The number of fused-ring (bicyclic) bond motifs is 4. The van der Waals surface area contributed by atoms with Crippen LogP contribution < -0.4 is 15.0 Å². The molecule has 2 aliphatic rings. The fourth-order valence-corrected chi connectivity index (χ4v) is 6.16. The molecule has 0 unspecified atom stereocenters. The summed E-state index contributed by atoms with van der Waals surface area (Å²) in [6, 6.07) is 30.3. The summed E-state index contributed by atoms with van der Waals surface area (Å²) in [5, 5.41) is 3.97. The molecule has 8 nitrogen and oxygen atoms in total. The molecule has 2 N–H and O–H groups in total. The van der Waals surface area contributed by atoms with Crippen LogP contribution in [-0.4, -0.2) is 40.9 Å². The number of H-pyrrole nitrogens is 1. The van der Waals surface area contributed by atoms with Crippen molar-refractivity contribution in [3.63, 3.8) is 0 Å². The molecule has 5 aromatic rings. The van der Waals surface area contributed by atoms with Crippen LogP contribution in [-0.2, 0) is 17.8 Å². The first-order chi connectivity index (χ1) is 20.5. The lowest BCUT2D eigenvalue weighted by atomic mass is 9.89. The van der Waals surface area contributed by atoms with Gasteiger partial charge in [0.1, 0.15) is 17.8 Å². The van der Waals surface area contributed by atoms with Gasteiger partial charge in [0.15, 0.2) is 0 Å². The van der Waals surface area contributed by atoms with Crippen molar-refractivity contribution in [1.29, 1.82) is 0 Å². The van der Waals surface area contributed by atoms with Gasteiger partial charge in [0, 0.05) is 29.6 Å². The number of rotatable bonds is 6. The molecule has 0 spiro atoms. The first-order valence-electron chi connectivity index (χ1n) is 13.9. The molecule has 4 aromatic carbocycles. The average molecular weight is 557 g/mol. The van der Waals surface area contributed by atoms with E-state index >= 15 is 0 Å². The highest BCUT2D eigenvalue weighted by atomic mass is 16.5. The maximum atomic E-state index is 14.2. The van der Waals surface area contributed by atoms with Crippen molar-refractivity contribution in [2.75, 3.05) is 12.0 Å². The zero-order valence-electron chi connectivity index (χ0n) is 22.9. The highest BCUT2D eigenvalue weighted by Gasteiger charge is 2.53. The number of benzene rings is 4. The van der Waals surface area contributed by atoms with Crippen LogP contribution in [0.15, 0.2) is 103 Å². The molecule has 8 heteroatoms. The van der Waals surface area contributed by atoms with E-state index in [1.54, 1.807) is 36.3 Å². The van der Waals surface area contributed by atoms with Crippen LogP contribution in [0.1, 0.15) is 38.8 Å². The fourth-order valence-electron chi connectivity index (χ4n) is 6.16. The second kappa shape index (κ2) is 10.2. The number of nitrogens with one attached hydrogen (secondary N) is 2. The van der Waals surface area contributed by atoms with Crippen LogP contribution in [0, 0.1) is 0 Å². The number of hydrogen-bond acceptors (Lipinski definition) is 4. The monoisotopic (exact) mass is 556 g/mol. The van der Waals surface area contributed by atoms with E-state index in [1.165, 1.54) is 4.90 Å². The molecule has 0 saturated carbocycles. The number of nitrogens with zero attached hydrogens (tertiary/aromatic N) is 2. The van der Waals surface area contributed by atoms with Crippen LogP contribution in [0.25, 0.3) is 10.9 Å². The molecule has 0 bridgehead atoms. The Kier molecular flexibility index (Phi) is 6.23. The molecule has 1 saturated heterocycles. The Hall–Kier alpha value is -5.37. The number of ether oxygens (including phenoxy) is 1. The van der Waals surface area contributed by atoms with Gasteiger partial charge in [-0.25, -0.2) is 9.69 Å². The Labute approximate surface area is 242 Å². The maximum Gasteiger partial charge on any atom is 0.332 e. The number of anilines is 1. The summed E-state index contributed by atoms with van der Waals surface area (Å²) in [4.78, 5) is 48.2. The van der Waals surface area contributed by atoms with Gasteiger partial charge in [-0.2, -0.15) is 0 Å². The lowest BCUT2D eigenvalue weighted by Crippen LogP contribution is -2.44. The van der Waals surface area contributed by atoms with Gasteiger partial charge in [-0.05, 0) is 47.0 Å². The van der Waals surface area contributed by atoms with Crippen molar-refractivity contribution < 1.29 is 19.1 Å². The second-order valence-corrected chi connectivity index (χ2v) is 10.5. The Morgan fingerprint density at radius 3 is 2.40 bits per heavy atom. The predicted molar refractivity (Wildman–Crippen MR) is 159 cm³/mol. The van der Waals surface area contributed by atoms with Gasteiger partial charge >= 0.3 is 6.03 Å². The van der Waals surface area contributed by atoms with E-state index in [-0.39, 0.29) is 29.6 Å². The zero-order chi connectivity index (χ0) is 28.8. The molecule has 1 fully saturated rings. The van der Waals surface area contributed by atoms with Crippen molar-refractivity contribution in [2.24, 2.45) is 0 Å². The molecule has 208 valence electrons. The van der Waals surface area contributed by atoms with E-state index in [9.17, 15) is 14.4 Å². The van der Waals surface area contributed by atoms with Crippen molar-refractivity contribution in [3.05, 3.63) is 131 Å². The molecular formula is C34H28N4O4. The van der Waals surface area contributed by atoms with Gasteiger partial charge in [0.2, 0.25) is 0 Å². The third kappa shape index (κ3) is 4.11. The summed E-state index contributed by atoms with van der Waals surface area (Å²) in [5.41, 5.74) is 5.25. The predicted octanol–water partition coefficient (Wildman–Crippen LogP) is 5.59. The lowest BCUT2D eigenvalue weighted by Gasteiger charge is -2.36. The Morgan fingerprint density at radius 1 is 0.905 bits per heavy atom. The van der Waals surface area contributed by atoms with Gasteiger partial charge in [0.05, 0.1) is 18.4 Å². The molecule has 0 radical (unpaired) electrons. The van der Waals surface area contributed by atoms with Crippen LogP contribution in [0.5, 0.6) is 5.75 Å². The van der Waals surface area contributed by atoms with E-state index in [0.29, 0.717) is 6.42 Å². The lowest BCUT2D eigenvalue weighted by molar-refractivity contribution is -0.120. The number of para-hydroxylation sites is 2. The summed E-state index contributed by atoms with van der Waals surface area (Å²) >= 11 is 0. The summed E-state index contributed by atoms with van der Waals surface area (Å²) in [6.07, 6.45) is 0.385. The van der Waals surface area contributed by atoms with Crippen molar-refractivity contribution in [3.8, 4) is 5.75 Å². The highest BCUT2D eigenvalue weighted by molar-refractivity contribution is 6.24. The number of hydrogen-bond donors (Lipinski definition) is 2. The quantitative estimate of drug-likeness (QED) is 0.267. The Balaban J connectivity index is 1.24. The summed E-state index contributed by atoms with van der Waals surface area (Å²) in [5.74, 6) is 0.0147. The minimum atomic E-state index is -0.704. The third-order valence-electron chi connectivity index (χ3n) is 8.17. The van der Waals surface area contributed by atoms with E-state index in [0.717, 1.165) is 39.0 Å². The van der Waals surface area contributed by atoms with E-state index < -0.39 is 18.1 Å². The number of carbonyl (C=O) groups is 3. The van der Waals surface area contributed by atoms with Gasteiger partial charge in [-0.15, -0.1) is 0 Å². The number of urea groups is 1. The van der Waals surface area contributed by atoms with Crippen LogP contribution in [0.3, 0.4) is 0 Å². The molecule has 42 heavy (non-hydrogen) atoms. The van der Waals surface area contributed by atoms with E-state index in [4.69, 9.17) is 4.74 Å². The molecule has 4 amide bonds. The van der Waals surface area contributed by atoms with Crippen molar-refractivity contribution >= 4 is 34.4 Å². The first kappa shape index (κ1) is 25.6. The summed E-state index contributed by atoms with van der Waals surface area (Å²) in [6.45, 7) is 0.283. The van der Waals surface area contributed by atoms with E-state index in [1.807, 2.05) is 78.9 Å². The van der Waals surface area contributed by atoms with Crippen LogP contribution in [0.4, 0.5) is 10.5 Å². The van der Waals surface area contributed by atoms with Gasteiger partial charge < -0.3 is 15.0 Å². The van der Waals surface area contributed by atoms with Gasteiger partial charge in [-0.3, -0.25) is 14.5 Å². The number of aromatic amines is 1. The minimum absolute atomic E-state index is 0.257. The van der Waals surface area contributed by atoms with Crippen molar-refractivity contribution in [1.82, 2.24) is 15.2 Å². The number of carbonyl (C=O) groups excluding carboxylic acids is 3. The van der Waals surface area contributed by atoms with Gasteiger partial charge in [-0.1, -0.05) is 72.8 Å². The van der Waals surface area contributed by atoms with Gasteiger partial charge in [0.25, 0.3) is 11.8 Å². The third-order valence-corrected chi connectivity index (χ3v) is 8.17. The Morgan fingerprint density at radius 2 is 1.62 bits per heavy atom. The number of methoxy groups -OCH3 is 1. The first-order valence-corrected chi connectivity index (χ1v) is 13.9. The summed E-state index contributed by atoms with van der Waals surface area (Å²) < 4.78 is 5.21. The molecular weight excluding hydrogens is 528 g/mol. The molecule has 0 aliphatic carbocycles. The topological polar surface area (TPSA) is 94.7 Å². The largest absolute Gasteiger partial charge is 0.497 e. The van der Waals surface area contributed by atoms with E-state index in [2.05, 4.69) is 10.3 Å². The normalized spacial score (nSPS) is 17.7. The average Bonchev–Trinajstić information content (AvgIpc) is 3.53.